The Morgan fingerprint density at radius 3 is 2.31 bits per heavy atom. The molecule has 0 unspecified atom stereocenters. The van der Waals surface area contributed by atoms with Crippen molar-refractivity contribution in [1.29, 1.82) is 0 Å². The molecule has 9 rings (SSSR count). The summed E-state index contributed by atoms with van der Waals surface area (Å²) in [6.07, 6.45) is 6.72. The first kappa shape index (κ1) is 30.5. The van der Waals surface area contributed by atoms with E-state index in [0.29, 0.717) is 11.5 Å². The molecule has 0 saturated heterocycles. The third kappa shape index (κ3) is 5.00. The molecule has 1 saturated carbocycles. The van der Waals surface area contributed by atoms with E-state index in [1.54, 1.807) is 0 Å². The molecular formula is C42H33N4OPt-3. The summed E-state index contributed by atoms with van der Waals surface area (Å²) in [6, 6.07) is 49.6. The van der Waals surface area contributed by atoms with E-state index in [1.807, 2.05) is 24.4 Å². The fourth-order valence-electron chi connectivity index (χ4n) is 7.70. The summed E-state index contributed by atoms with van der Waals surface area (Å²) in [6.45, 7) is 2.07. The van der Waals surface area contributed by atoms with E-state index in [1.165, 1.54) is 24.0 Å². The van der Waals surface area contributed by atoms with Crippen molar-refractivity contribution < 1.29 is 25.8 Å². The van der Waals surface area contributed by atoms with Gasteiger partial charge in [-0.15, -0.1) is 41.4 Å². The summed E-state index contributed by atoms with van der Waals surface area (Å²) in [5, 5.41) is 2.28. The summed E-state index contributed by atoms with van der Waals surface area (Å²) >= 11 is 0. The second-order valence-corrected chi connectivity index (χ2v) is 12.6. The largest absolute Gasteiger partial charge is 0.509 e. The number of nitrogens with zero attached hydrogens (tertiary/aromatic N) is 4. The number of hydrogen-bond acceptors (Lipinski definition) is 4. The van der Waals surface area contributed by atoms with Gasteiger partial charge in [-0.05, 0) is 66.7 Å². The van der Waals surface area contributed by atoms with Crippen LogP contribution in [0.4, 0.5) is 17.1 Å². The smallest absolute Gasteiger partial charge is 0.135 e. The van der Waals surface area contributed by atoms with Gasteiger partial charge in [0.25, 0.3) is 0 Å². The van der Waals surface area contributed by atoms with Crippen molar-refractivity contribution in [1.82, 2.24) is 9.55 Å². The zero-order chi connectivity index (χ0) is 31.4. The molecule has 0 amide bonds. The van der Waals surface area contributed by atoms with Crippen molar-refractivity contribution in [2.24, 2.45) is 0 Å². The van der Waals surface area contributed by atoms with Crippen LogP contribution >= 0.6 is 0 Å². The molecule has 0 radical (unpaired) electrons. The van der Waals surface area contributed by atoms with E-state index in [2.05, 4.69) is 143 Å². The molecule has 2 aliphatic rings. The van der Waals surface area contributed by atoms with Crippen LogP contribution in [0.15, 0.2) is 128 Å². The molecule has 6 heteroatoms. The quantitative estimate of drug-likeness (QED) is 0.157. The van der Waals surface area contributed by atoms with Crippen LogP contribution in [0.2, 0.25) is 0 Å². The van der Waals surface area contributed by atoms with Gasteiger partial charge in [-0.3, -0.25) is 0 Å². The van der Waals surface area contributed by atoms with Gasteiger partial charge in [-0.25, -0.2) is 4.98 Å². The van der Waals surface area contributed by atoms with Crippen molar-refractivity contribution in [3.63, 3.8) is 0 Å². The molecule has 0 spiro atoms. The minimum absolute atomic E-state index is 0. The van der Waals surface area contributed by atoms with Crippen molar-refractivity contribution >= 4 is 38.9 Å². The predicted molar refractivity (Wildman–Crippen MR) is 190 cm³/mol. The minimum Gasteiger partial charge on any atom is -0.509 e. The maximum Gasteiger partial charge on any atom is 0.135 e. The Kier molecular flexibility index (Phi) is 7.81. The van der Waals surface area contributed by atoms with Gasteiger partial charge in [0.1, 0.15) is 5.82 Å². The number of fused-ring (bicyclic) bond motifs is 4. The Labute approximate surface area is 295 Å². The molecule has 240 valence electrons. The van der Waals surface area contributed by atoms with Gasteiger partial charge >= 0.3 is 0 Å². The van der Waals surface area contributed by atoms with E-state index >= 15 is 0 Å². The zero-order valence-electron chi connectivity index (χ0n) is 26.5. The monoisotopic (exact) mass is 804 g/mol. The molecule has 0 bridgehead atoms. The normalized spacial score (nSPS) is 15.1. The average molecular weight is 805 g/mol. The molecule has 7 aromatic rings. The maximum absolute atomic E-state index is 6.47. The molecule has 2 aromatic heterocycles. The molecule has 0 atom stereocenters. The van der Waals surface area contributed by atoms with Gasteiger partial charge < -0.3 is 19.1 Å². The topological polar surface area (TPSA) is 33.5 Å². The Hall–Kier alpha value is -4.86. The van der Waals surface area contributed by atoms with Crippen LogP contribution in [0.3, 0.4) is 0 Å². The van der Waals surface area contributed by atoms with Crippen LogP contribution in [0.5, 0.6) is 11.5 Å². The van der Waals surface area contributed by atoms with Gasteiger partial charge in [-0.2, -0.15) is 18.8 Å². The van der Waals surface area contributed by atoms with Gasteiger partial charge in [0, 0.05) is 61.1 Å². The second kappa shape index (κ2) is 12.3. The Morgan fingerprint density at radius 2 is 1.46 bits per heavy atom. The van der Waals surface area contributed by atoms with Crippen molar-refractivity contribution in [2.45, 2.75) is 31.1 Å². The Balaban J connectivity index is 0.00000336. The number of pyridine rings is 1. The molecule has 1 fully saturated rings. The zero-order valence-corrected chi connectivity index (χ0v) is 28.8. The van der Waals surface area contributed by atoms with E-state index in [0.717, 1.165) is 57.5 Å². The number of aromatic nitrogens is 2. The van der Waals surface area contributed by atoms with E-state index in [4.69, 9.17) is 9.72 Å². The van der Waals surface area contributed by atoms with Crippen molar-refractivity contribution in [2.75, 3.05) is 16.8 Å². The standard InChI is InChI=1S/C42H33N4O.Pt/c1-44-29-45(39-19-8-7-18-38(39)44)32-14-11-15-33(27-32)47-34-20-21-36-35-16-5-6-17-37(35)46(40(36)28-34)41-26-31(22-25-43-41)42(23-9-10-24-42)30-12-3-2-4-13-30;/h2-8,11-22,25-26,29H,9-10,23-24H2,1H3;/q-3;. The molecule has 5 nitrogen and oxygen atoms in total. The number of anilines is 3. The van der Waals surface area contributed by atoms with Crippen LogP contribution < -0.4 is 14.5 Å². The number of rotatable bonds is 6. The Morgan fingerprint density at radius 1 is 0.708 bits per heavy atom. The van der Waals surface area contributed by atoms with Crippen molar-refractivity contribution in [3.8, 4) is 17.3 Å². The van der Waals surface area contributed by atoms with Gasteiger partial charge in [0.05, 0.1) is 0 Å². The molecule has 1 aliphatic carbocycles. The van der Waals surface area contributed by atoms with E-state index in [-0.39, 0.29) is 26.5 Å². The third-order valence-electron chi connectivity index (χ3n) is 9.91. The maximum atomic E-state index is 6.47. The summed E-state index contributed by atoms with van der Waals surface area (Å²) in [4.78, 5) is 9.21. The van der Waals surface area contributed by atoms with E-state index < -0.39 is 0 Å². The third-order valence-corrected chi connectivity index (χ3v) is 9.91. The van der Waals surface area contributed by atoms with Crippen LogP contribution in [-0.4, -0.2) is 16.6 Å². The van der Waals surface area contributed by atoms with E-state index in [9.17, 15) is 0 Å². The van der Waals surface area contributed by atoms with Crippen LogP contribution in [0.1, 0.15) is 36.8 Å². The fourth-order valence-corrected chi connectivity index (χ4v) is 7.70. The predicted octanol–water partition coefficient (Wildman–Crippen LogP) is 10.1. The van der Waals surface area contributed by atoms with Crippen LogP contribution in [-0.2, 0) is 26.5 Å². The summed E-state index contributed by atoms with van der Waals surface area (Å²) in [5.41, 5.74) is 7.92. The summed E-state index contributed by atoms with van der Waals surface area (Å²) in [5.74, 6) is 2.16. The van der Waals surface area contributed by atoms with Gasteiger partial charge in [0.15, 0.2) is 0 Å². The average Bonchev–Trinajstić information content (AvgIpc) is 3.84. The molecular weight excluding hydrogens is 772 g/mol. The first-order valence-corrected chi connectivity index (χ1v) is 16.3. The fraction of sp³-hybridized carbons (Fsp3) is 0.143. The SMILES string of the molecule is CN1[CH-]N(c2[c-]c(Oc3[c-]c4c(cc3)c3ccccc3n4-c3cc(C4(c5ccccc5)CCCC4)ccn3)ccc2)c2ccccc21.[Pt]. The van der Waals surface area contributed by atoms with Crippen LogP contribution in [0.25, 0.3) is 27.6 Å². The molecule has 0 N–H and O–H groups in total. The summed E-state index contributed by atoms with van der Waals surface area (Å²) in [7, 11) is 2.06. The minimum atomic E-state index is -0.00135. The molecule has 1 aliphatic heterocycles. The molecule has 3 heterocycles. The van der Waals surface area contributed by atoms with Gasteiger partial charge in [0.2, 0.25) is 0 Å². The van der Waals surface area contributed by atoms with Gasteiger partial charge in [-0.1, -0.05) is 79.0 Å². The number of ether oxygens (including phenoxy) is 1. The number of benzene rings is 5. The second-order valence-electron chi connectivity index (χ2n) is 12.6. The Bertz CT molecular complexity index is 2260. The van der Waals surface area contributed by atoms with Crippen molar-refractivity contribution in [3.05, 3.63) is 157 Å². The summed E-state index contributed by atoms with van der Waals surface area (Å²) < 4.78 is 8.71. The molecule has 48 heavy (non-hydrogen) atoms. The number of hydrogen-bond donors (Lipinski definition) is 0. The first-order valence-electron chi connectivity index (χ1n) is 16.3. The number of para-hydroxylation sites is 3. The first-order chi connectivity index (χ1) is 23.2. The molecule has 5 aromatic carbocycles. The van der Waals surface area contributed by atoms with Crippen LogP contribution in [0, 0.1) is 18.8 Å².